The topological polar surface area (TPSA) is 80.6 Å². The highest BCUT2D eigenvalue weighted by atomic mass is 16.5. The Bertz CT molecular complexity index is 1160. The molecule has 0 fully saturated rings. The molecule has 0 spiro atoms. The second-order valence-corrected chi connectivity index (χ2v) is 7.35. The van der Waals surface area contributed by atoms with Crippen molar-refractivity contribution in [3.63, 3.8) is 0 Å². The number of rotatable bonds is 5. The first kappa shape index (κ1) is 19.7. The van der Waals surface area contributed by atoms with Gasteiger partial charge in [-0.3, -0.25) is 14.4 Å². The van der Waals surface area contributed by atoms with E-state index in [1.807, 2.05) is 56.4 Å². The number of nitrogens with zero attached hydrogens (tertiary/aromatic N) is 2. The summed E-state index contributed by atoms with van der Waals surface area (Å²) in [6, 6.07) is 15.1. The van der Waals surface area contributed by atoms with Crippen molar-refractivity contribution >= 4 is 28.7 Å². The standard InChI is InChI=1S/C23H23N3O4/c1-14-21(17-10-6-7-11-18(17)25(14)2)22-15-8-4-5-9-16(15)23(29)26(22)13-19(27)24-12-20(28)30-3/h4-11,22H,12-13H2,1-3H3,(H,24,27)/t22-/m1/s1. The van der Waals surface area contributed by atoms with Crippen molar-refractivity contribution in [3.05, 3.63) is 70.9 Å². The summed E-state index contributed by atoms with van der Waals surface area (Å²) >= 11 is 0. The number of aromatic nitrogens is 1. The van der Waals surface area contributed by atoms with Gasteiger partial charge in [0.15, 0.2) is 0 Å². The van der Waals surface area contributed by atoms with Gasteiger partial charge in [0.25, 0.3) is 5.91 Å². The van der Waals surface area contributed by atoms with Crippen molar-refractivity contribution in [2.24, 2.45) is 7.05 Å². The van der Waals surface area contributed by atoms with E-state index in [1.54, 1.807) is 11.0 Å². The molecule has 0 aliphatic carbocycles. The smallest absolute Gasteiger partial charge is 0.325 e. The molecular weight excluding hydrogens is 382 g/mol. The maximum Gasteiger partial charge on any atom is 0.325 e. The van der Waals surface area contributed by atoms with Crippen LogP contribution in [0.3, 0.4) is 0 Å². The van der Waals surface area contributed by atoms with Gasteiger partial charge in [-0.2, -0.15) is 0 Å². The Morgan fingerprint density at radius 3 is 2.57 bits per heavy atom. The molecule has 1 N–H and O–H groups in total. The van der Waals surface area contributed by atoms with Crippen LogP contribution in [-0.4, -0.2) is 47.4 Å². The van der Waals surface area contributed by atoms with Gasteiger partial charge in [0, 0.05) is 34.8 Å². The maximum atomic E-state index is 13.2. The molecule has 1 aromatic heterocycles. The van der Waals surface area contributed by atoms with E-state index < -0.39 is 11.9 Å². The minimum absolute atomic E-state index is 0.155. The molecule has 2 aromatic carbocycles. The van der Waals surface area contributed by atoms with Gasteiger partial charge in [-0.25, -0.2) is 0 Å². The molecule has 30 heavy (non-hydrogen) atoms. The molecule has 7 heteroatoms. The molecule has 0 radical (unpaired) electrons. The summed E-state index contributed by atoms with van der Waals surface area (Å²) in [5, 5.41) is 3.57. The molecule has 3 aromatic rings. The Kier molecular flexibility index (Phi) is 5.03. The van der Waals surface area contributed by atoms with E-state index in [0.29, 0.717) is 5.56 Å². The number of ether oxygens (including phenoxy) is 1. The van der Waals surface area contributed by atoms with Crippen LogP contribution in [0.4, 0.5) is 0 Å². The van der Waals surface area contributed by atoms with E-state index in [0.717, 1.165) is 27.7 Å². The number of methoxy groups -OCH3 is 1. The molecule has 0 bridgehead atoms. The van der Waals surface area contributed by atoms with E-state index in [1.165, 1.54) is 7.11 Å². The van der Waals surface area contributed by atoms with Gasteiger partial charge in [-0.05, 0) is 24.6 Å². The number of fused-ring (bicyclic) bond motifs is 2. The van der Waals surface area contributed by atoms with Crippen LogP contribution in [0, 0.1) is 6.92 Å². The SMILES string of the molecule is COC(=O)CNC(=O)CN1C(=O)c2ccccc2[C@@H]1c1c(C)n(C)c2ccccc12. The zero-order valence-electron chi connectivity index (χ0n) is 17.1. The van der Waals surface area contributed by atoms with Gasteiger partial charge < -0.3 is 19.5 Å². The van der Waals surface area contributed by atoms with Crippen LogP contribution < -0.4 is 5.32 Å². The van der Waals surface area contributed by atoms with Gasteiger partial charge in [-0.1, -0.05) is 36.4 Å². The van der Waals surface area contributed by atoms with Crippen LogP contribution in [-0.2, 0) is 21.4 Å². The molecule has 1 aliphatic heterocycles. The highest BCUT2D eigenvalue weighted by Gasteiger charge is 2.40. The Balaban J connectivity index is 1.78. The van der Waals surface area contributed by atoms with Crippen LogP contribution >= 0.6 is 0 Å². The molecule has 0 unspecified atom stereocenters. The minimum Gasteiger partial charge on any atom is -0.468 e. The highest BCUT2D eigenvalue weighted by molar-refractivity contribution is 6.03. The molecule has 7 nitrogen and oxygen atoms in total. The van der Waals surface area contributed by atoms with Gasteiger partial charge >= 0.3 is 5.97 Å². The lowest BCUT2D eigenvalue weighted by Gasteiger charge is -2.26. The fraction of sp³-hybridized carbons (Fsp3) is 0.261. The second-order valence-electron chi connectivity index (χ2n) is 7.35. The number of carbonyl (C=O) groups excluding carboxylic acids is 3. The van der Waals surface area contributed by atoms with Crippen molar-refractivity contribution in [1.82, 2.24) is 14.8 Å². The quantitative estimate of drug-likeness (QED) is 0.661. The number of carbonyl (C=O) groups is 3. The van der Waals surface area contributed by atoms with Crippen LogP contribution in [0.15, 0.2) is 48.5 Å². The van der Waals surface area contributed by atoms with Crippen molar-refractivity contribution in [1.29, 1.82) is 0 Å². The molecule has 1 aliphatic rings. The van der Waals surface area contributed by atoms with E-state index in [9.17, 15) is 14.4 Å². The molecular formula is C23H23N3O4. The Morgan fingerprint density at radius 1 is 1.10 bits per heavy atom. The summed E-state index contributed by atoms with van der Waals surface area (Å²) in [5.74, 6) is -1.15. The zero-order valence-corrected chi connectivity index (χ0v) is 17.1. The van der Waals surface area contributed by atoms with Crippen molar-refractivity contribution < 1.29 is 19.1 Å². The fourth-order valence-corrected chi connectivity index (χ4v) is 4.19. The van der Waals surface area contributed by atoms with E-state index in [2.05, 4.69) is 14.6 Å². The monoisotopic (exact) mass is 405 g/mol. The minimum atomic E-state index is -0.541. The van der Waals surface area contributed by atoms with Crippen molar-refractivity contribution in [3.8, 4) is 0 Å². The lowest BCUT2D eigenvalue weighted by atomic mass is 9.95. The number of esters is 1. The Labute approximate surface area is 174 Å². The number of hydrogen-bond acceptors (Lipinski definition) is 4. The summed E-state index contributed by atoms with van der Waals surface area (Å²) < 4.78 is 6.67. The van der Waals surface area contributed by atoms with E-state index in [4.69, 9.17) is 0 Å². The van der Waals surface area contributed by atoms with Gasteiger partial charge in [0.05, 0.1) is 13.2 Å². The summed E-state index contributed by atoms with van der Waals surface area (Å²) in [6.07, 6.45) is 0. The number of para-hydroxylation sites is 1. The molecule has 0 saturated heterocycles. The summed E-state index contributed by atoms with van der Waals surface area (Å²) in [5.41, 5.74) is 4.58. The summed E-state index contributed by atoms with van der Waals surface area (Å²) in [6.45, 7) is 1.64. The van der Waals surface area contributed by atoms with Crippen molar-refractivity contribution in [2.75, 3.05) is 20.2 Å². The first-order chi connectivity index (χ1) is 14.4. The van der Waals surface area contributed by atoms with Crippen LogP contribution in [0.2, 0.25) is 0 Å². The third kappa shape index (κ3) is 3.12. The molecule has 4 rings (SSSR count). The lowest BCUT2D eigenvalue weighted by Crippen LogP contribution is -2.41. The molecule has 1 atom stereocenters. The number of hydrogen-bond donors (Lipinski definition) is 1. The molecule has 2 heterocycles. The number of benzene rings is 2. The first-order valence-corrected chi connectivity index (χ1v) is 9.71. The summed E-state index contributed by atoms with van der Waals surface area (Å²) in [4.78, 5) is 38.7. The average Bonchev–Trinajstić information content (AvgIpc) is 3.17. The number of amides is 2. The van der Waals surface area contributed by atoms with Gasteiger partial charge in [0.1, 0.15) is 13.1 Å². The van der Waals surface area contributed by atoms with Crippen LogP contribution in [0.5, 0.6) is 0 Å². The molecule has 2 amide bonds. The van der Waals surface area contributed by atoms with Gasteiger partial charge in [0.2, 0.25) is 5.91 Å². The maximum absolute atomic E-state index is 13.2. The lowest BCUT2D eigenvalue weighted by molar-refractivity contribution is -0.141. The summed E-state index contributed by atoms with van der Waals surface area (Å²) in [7, 11) is 3.26. The average molecular weight is 405 g/mol. The van der Waals surface area contributed by atoms with Crippen molar-refractivity contribution in [2.45, 2.75) is 13.0 Å². The zero-order chi connectivity index (χ0) is 21.4. The number of aryl methyl sites for hydroxylation is 1. The number of nitrogens with one attached hydrogen (secondary N) is 1. The third-order valence-electron chi connectivity index (χ3n) is 5.75. The van der Waals surface area contributed by atoms with Crippen LogP contribution in [0.25, 0.3) is 10.9 Å². The fourth-order valence-electron chi connectivity index (χ4n) is 4.19. The normalized spacial score (nSPS) is 15.4. The van der Waals surface area contributed by atoms with Crippen LogP contribution in [0.1, 0.15) is 33.2 Å². The third-order valence-corrected chi connectivity index (χ3v) is 5.75. The Morgan fingerprint density at radius 2 is 1.80 bits per heavy atom. The van der Waals surface area contributed by atoms with E-state index in [-0.39, 0.29) is 25.0 Å². The first-order valence-electron chi connectivity index (χ1n) is 9.71. The highest BCUT2D eigenvalue weighted by Crippen LogP contribution is 2.43. The predicted octanol–water partition coefficient (Wildman–Crippen LogP) is 2.32. The van der Waals surface area contributed by atoms with Gasteiger partial charge in [-0.15, -0.1) is 0 Å². The largest absolute Gasteiger partial charge is 0.468 e. The predicted molar refractivity (Wildman–Crippen MR) is 112 cm³/mol. The van der Waals surface area contributed by atoms with E-state index >= 15 is 0 Å². The molecule has 0 saturated carbocycles. The second kappa shape index (κ2) is 7.67. The Hall–Kier alpha value is -3.61. The molecule has 154 valence electrons.